The van der Waals surface area contributed by atoms with Gasteiger partial charge in [-0.1, -0.05) is 0 Å². The molecule has 1 rings (SSSR count). The van der Waals surface area contributed by atoms with Crippen LogP contribution in [0.5, 0.6) is 0 Å². The Labute approximate surface area is 102 Å². The third-order valence-corrected chi connectivity index (χ3v) is 3.61. The van der Waals surface area contributed by atoms with Crippen LogP contribution in [-0.4, -0.2) is 11.4 Å². The molecule has 0 fully saturated rings. The second-order valence-corrected chi connectivity index (χ2v) is 6.63. The van der Waals surface area contributed by atoms with Crippen LogP contribution in [-0.2, 0) is 11.3 Å². The number of amides is 1. The molecule has 1 heterocycles. The van der Waals surface area contributed by atoms with Crippen LogP contribution in [0.3, 0.4) is 0 Å². The van der Waals surface area contributed by atoms with E-state index in [-0.39, 0.29) is 11.4 Å². The Kier molecular flexibility index (Phi) is 4.31. The normalized spacial score (nSPS) is 11.7. The smallest absolute Gasteiger partial charge is 0.219 e. The minimum Gasteiger partial charge on any atom is -0.370 e. The van der Waals surface area contributed by atoms with Gasteiger partial charge in [0.05, 0.1) is 3.79 Å². The summed E-state index contributed by atoms with van der Waals surface area (Å²) in [4.78, 5) is 12.0. The number of nitrogens with one attached hydrogen (secondary N) is 1. The molecule has 0 unspecified atom stereocenters. The van der Waals surface area contributed by atoms with Gasteiger partial charge in [-0.15, -0.1) is 11.3 Å². The summed E-state index contributed by atoms with van der Waals surface area (Å²) in [6, 6.07) is 4.07. The summed E-state index contributed by atoms with van der Waals surface area (Å²) in [7, 11) is 0. The fourth-order valence-corrected chi connectivity index (χ4v) is 2.69. The van der Waals surface area contributed by atoms with Gasteiger partial charge in [0.2, 0.25) is 5.91 Å². The quantitative estimate of drug-likeness (QED) is 0.874. The number of nitrogens with two attached hydrogens (primary N) is 1. The highest BCUT2D eigenvalue weighted by Gasteiger charge is 2.19. The Balaban J connectivity index is 2.45. The van der Waals surface area contributed by atoms with E-state index in [1.165, 1.54) is 4.88 Å². The summed E-state index contributed by atoms with van der Waals surface area (Å²) < 4.78 is 1.12. The number of hydrogen-bond acceptors (Lipinski definition) is 3. The minimum absolute atomic E-state index is 0.248. The molecule has 5 heteroatoms. The summed E-state index contributed by atoms with van der Waals surface area (Å²) in [6.45, 7) is 4.71. The second-order valence-electron chi connectivity index (χ2n) is 4.09. The maximum absolute atomic E-state index is 10.8. The van der Waals surface area contributed by atoms with Crippen LogP contribution in [0.4, 0.5) is 0 Å². The lowest BCUT2D eigenvalue weighted by molar-refractivity contribution is -0.119. The summed E-state index contributed by atoms with van der Waals surface area (Å²) in [6.07, 6.45) is 0.347. The molecule has 0 radical (unpaired) electrons. The molecule has 0 bridgehead atoms. The zero-order valence-corrected chi connectivity index (χ0v) is 11.2. The van der Waals surface area contributed by atoms with E-state index >= 15 is 0 Å². The molecule has 3 nitrogen and oxygen atoms in total. The highest BCUT2D eigenvalue weighted by atomic mass is 79.9. The van der Waals surface area contributed by atoms with Crippen molar-refractivity contribution in [2.75, 3.05) is 0 Å². The second kappa shape index (κ2) is 5.09. The Morgan fingerprint density at radius 1 is 1.60 bits per heavy atom. The van der Waals surface area contributed by atoms with Crippen LogP contribution in [0, 0.1) is 0 Å². The van der Waals surface area contributed by atoms with Crippen LogP contribution in [0.1, 0.15) is 25.1 Å². The van der Waals surface area contributed by atoms with E-state index in [1.54, 1.807) is 11.3 Å². The molecule has 0 saturated heterocycles. The first-order valence-corrected chi connectivity index (χ1v) is 6.27. The lowest BCUT2D eigenvalue weighted by atomic mass is 10.0. The van der Waals surface area contributed by atoms with Crippen LogP contribution in [0.2, 0.25) is 0 Å². The highest BCUT2D eigenvalue weighted by Crippen LogP contribution is 2.22. The van der Waals surface area contributed by atoms with E-state index in [2.05, 4.69) is 27.3 Å². The molecule has 0 spiro atoms. The fourth-order valence-electron chi connectivity index (χ4n) is 1.27. The third-order valence-electron chi connectivity index (χ3n) is 1.99. The monoisotopic (exact) mass is 290 g/mol. The fraction of sp³-hybridized carbons (Fsp3) is 0.500. The number of halogens is 1. The summed E-state index contributed by atoms with van der Waals surface area (Å²) >= 11 is 5.09. The van der Waals surface area contributed by atoms with Crippen molar-refractivity contribution in [3.63, 3.8) is 0 Å². The van der Waals surface area contributed by atoms with Gasteiger partial charge < -0.3 is 11.1 Å². The first-order chi connectivity index (χ1) is 6.89. The SMILES string of the molecule is CC(C)(CC(N)=O)NCc1ccc(Br)s1. The number of hydrogen-bond donors (Lipinski definition) is 2. The average molecular weight is 291 g/mol. The van der Waals surface area contributed by atoms with Gasteiger partial charge in [0.25, 0.3) is 0 Å². The van der Waals surface area contributed by atoms with E-state index in [1.807, 2.05) is 19.9 Å². The molecule has 0 aliphatic rings. The van der Waals surface area contributed by atoms with Crippen molar-refractivity contribution < 1.29 is 4.79 Å². The Morgan fingerprint density at radius 2 is 2.27 bits per heavy atom. The van der Waals surface area contributed by atoms with Crippen molar-refractivity contribution in [1.82, 2.24) is 5.32 Å². The Hall–Kier alpha value is -0.390. The van der Waals surface area contributed by atoms with Crippen molar-refractivity contribution >= 4 is 33.2 Å². The maximum Gasteiger partial charge on any atom is 0.219 e. The van der Waals surface area contributed by atoms with E-state index in [0.29, 0.717) is 6.42 Å². The van der Waals surface area contributed by atoms with Crippen molar-refractivity contribution in [2.45, 2.75) is 32.4 Å². The van der Waals surface area contributed by atoms with Crippen LogP contribution >= 0.6 is 27.3 Å². The lowest BCUT2D eigenvalue weighted by Gasteiger charge is -2.24. The van der Waals surface area contributed by atoms with E-state index in [9.17, 15) is 4.79 Å². The van der Waals surface area contributed by atoms with Gasteiger partial charge in [-0.2, -0.15) is 0 Å². The molecular formula is C10H15BrN2OS. The molecular weight excluding hydrogens is 276 g/mol. The first kappa shape index (κ1) is 12.7. The first-order valence-electron chi connectivity index (χ1n) is 4.66. The summed E-state index contributed by atoms with van der Waals surface area (Å²) in [5.74, 6) is -0.278. The van der Waals surface area contributed by atoms with Gasteiger partial charge in [-0.05, 0) is 41.9 Å². The number of carbonyl (C=O) groups excluding carboxylic acids is 1. The van der Waals surface area contributed by atoms with Gasteiger partial charge in [-0.3, -0.25) is 4.79 Å². The van der Waals surface area contributed by atoms with Crippen molar-refractivity contribution in [1.29, 1.82) is 0 Å². The predicted octanol–water partition coefficient (Wildman–Crippen LogP) is 2.25. The van der Waals surface area contributed by atoms with Crippen molar-refractivity contribution in [3.05, 3.63) is 20.8 Å². The Morgan fingerprint density at radius 3 is 2.73 bits per heavy atom. The van der Waals surface area contributed by atoms with E-state index < -0.39 is 0 Å². The molecule has 1 amide bonds. The number of carbonyl (C=O) groups is 1. The largest absolute Gasteiger partial charge is 0.370 e. The molecule has 1 aromatic heterocycles. The number of rotatable bonds is 5. The van der Waals surface area contributed by atoms with Crippen LogP contribution < -0.4 is 11.1 Å². The molecule has 0 aliphatic heterocycles. The molecule has 15 heavy (non-hydrogen) atoms. The predicted molar refractivity (Wildman–Crippen MR) is 66.7 cm³/mol. The van der Waals surface area contributed by atoms with Gasteiger partial charge in [0.1, 0.15) is 0 Å². The minimum atomic E-state index is -0.278. The maximum atomic E-state index is 10.8. The molecule has 0 atom stereocenters. The zero-order valence-electron chi connectivity index (χ0n) is 8.84. The van der Waals surface area contributed by atoms with Gasteiger partial charge >= 0.3 is 0 Å². The standard InChI is InChI=1S/C10H15BrN2OS/c1-10(2,5-9(12)14)13-6-7-3-4-8(11)15-7/h3-4,13H,5-6H2,1-2H3,(H2,12,14). The van der Waals surface area contributed by atoms with E-state index in [0.717, 1.165) is 10.3 Å². The molecule has 84 valence electrons. The molecule has 0 aromatic carbocycles. The lowest BCUT2D eigenvalue weighted by Crippen LogP contribution is -2.42. The molecule has 3 N–H and O–H groups in total. The highest BCUT2D eigenvalue weighted by molar-refractivity contribution is 9.11. The molecule has 1 aromatic rings. The zero-order chi connectivity index (χ0) is 11.5. The molecule has 0 saturated carbocycles. The Bertz CT molecular complexity index is 349. The van der Waals surface area contributed by atoms with Crippen LogP contribution in [0.25, 0.3) is 0 Å². The summed E-state index contributed by atoms with van der Waals surface area (Å²) in [5, 5.41) is 3.31. The van der Waals surface area contributed by atoms with E-state index in [4.69, 9.17) is 5.73 Å². The van der Waals surface area contributed by atoms with Crippen molar-refractivity contribution in [3.8, 4) is 0 Å². The number of thiophene rings is 1. The summed E-state index contributed by atoms with van der Waals surface area (Å²) in [5.41, 5.74) is 4.92. The van der Waals surface area contributed by atoms with Gasteiger partial charge in [-0.25, -0.2) is 0 Å². The van der Waals surface area contributed by atoms with Gasteiger partial charge in [0.15, 0.2) is 0 Å². The third kappa shape index (κ3) is 4.77. The molecule has 0 aliphatic carbocycles. The average Bonchev–Trinajstić information content (AvgIpc) is 2.46. The topological polar surface area (TPSA) is 55.1 Å². The van der Waals surface area contributed by atoms with Gasteiger partial charge in [0, 0.05) is 23.4 Å². The van der Waals surface area contributed by atoms with Crippen molar-refractivity contribution in [2.24, 2.45) is 5.73 Å². The van der Waals surface area contributed by atoms with Crippen LogP contribution in [0.15, 0.2) is 15.9 Å². The number of primary amides is 1.